The average molecular weight is 381 g/mol. The lowest BCUT2D eigenvalue weighted by Gasteiger charge is -2.29. The molecular formula is C21H23N3O4. The van der Waals surface area contributed by atoms with Gasteiger partial charge in [-0.25, -0.2) is 4.79 Å². The van der Waals surface area contributed by atoms with Crippen LogP contribution in [0.25, 0.3) is 0 Å². The molecule has 0 aromatic heterocycles. The molecule has 3 amide bonds. The lowest BCUT2D eigenvalue weighted by Crippen LogP contribution is -2.46. The van der Waals surface area contributed by atoms with Gasteiger partial charge < -0.3 is 25.4 Å². The molecule has 0 bridgehead atoms. The molecule has 0 saturated heterocycles. The number of benzene rings is 2. The van der Waals surface area contributed by atoms with Gasteiger partial charge >= 0.3 is 6.03 Å². The summed E-state index contributed by atoms with van der Waals surface area (Å²) in [7, 11) is 3.08. The maximum atomic E-state index is 13.1. The summed E-state index contributed by atoms with van der Waals surface area (Å²) >= 11 is 0. The molecule has 3 rings (SSSR count). The minimum Gasteiger partial charge on any atom is -0.497 e. The van der Waals surface area contributed by atoms with E-state index in [1.165, 1.54) is 7.11 Å². The van der Waals surface area contributed by atoms with E-state index in [2.05, 4.69) is 16.0 Å². The summed E-state index contributed by atoms with van der Waals surface area (Å²) in [5, 5.41) is 8.37. The maximum Gasteiger partial charge on any atom is 0.319 e. The number of urea groups is 1. The van der Waals surface area contributed by atoms with Gasteiger partial charge in [0, 0.05) is 11.8 Å². The molecule has 0 fully saturated rings. The van der Waals surface area contributed by atoms with Gasteiger partial charge in [-0.15, -0.1) is 0 Å². The first-order valence-corrected chi connectivity index (χ1v) is 8.81. The molecule has 7 nitrogen and oxygen atoms in total. The van der Waals surface area contributed by atoms with Crippen LogP contribution in [0, 0.1) is 6.92 Å². The van der Waals surface area contributed by atoms with Crippen LogP contribution in [0.5, 0.6) is 11.5 Å². The molecule has 1 heterocycles. The third kappa shape index (κ3) is 3.93. The number of aryl methyl sites for hydroxylation is 1. The monoisotopic (exact) mass is 381 g/mol. The molecule has 1 aliphatic heterocycles. The Morgan fingerprint density at radius 3 is 2.39 bits per heavy atom. The summed E-state index contributed by atoms with van der Waals surface area (Å²) in [6.45, 7) is 3.69. The summed E-state index contributed by atoms with van der Waals surface area (Å²) in [6.07, 6.45) is 0. The Hall–Kier alpha value is -3.48. The van der Waals surface area contributed by atoms with E-state index in [0.717, 1.165) is 11.1 Å². The van der Waals surface area contributed by atoms with Gasteiger partial charge in [-0.3, -0.25) is 4.79 Å². The van der Waals surface area contributed by atoms with E-state index < -0.39 is 6.04 Å². The first kappa shape index (κ1) is 19.3. The zero-order valence-corrected chi connectivity index (χ0v) is 16.3. The fraction of sp³-hybridized carbons (Fsp3) is 0.238. The third-order valence-electron chi connectivity index (χ3n) is 4.58. The minimum absolute atomic E-state index is 0.334. The second-order valence-corrected chi connectivity index (χ2v) is 6.50. The number of ether oxygens (including phenoxy) is 2. The minimum atomic E-state index is -0.557. The molecule has 3 N–H and O–H groups in total. The van der Waals surface area contributed by atoms with E-state index in [-0.39, 0.29) is 11.9 Å². The van der Waals surface area contributed by atoms with Crippen LogP contribution in [0.4, 0.5) is 10.5 Å². The number of carbonyl (C=O) groups excluding carboxylic acids is 2. The second-order valence-electron chi connectivity index (χ2n) is 6.50. The van der Waals surface area contributed by atoms with Crippen molar-refractivity contribution in [3.05, 3.63) is 64.9 Å². The predicted molar refractivity (Wildman–Crippen MR) is 106 cm³/mol. The summed E-state index contributed by atoms with van der Waals surface area (Å²) in [5.74, 6) is 0.763. The highest BCUT2D eigenvalue weighted by molar-refractivity contribution is 6.07. The van der Waals surface area contributed by atoms with Gasteiger partial charge in [0.2, 0.25) is 0 Å². The lowest BCUT2D eigenvalue weighted by atomic mass is 9.94. The van der Waals surface area contributed by atoms with E-state index in [4.69, 9.17) is 9.47 Å². The number of allylic oxidation sites excluding steroid dienone is 1. The van der Waals surface area contributed by atoms with Crippen LogP contribution >= 0.6 is 0 Å². The van der Waals surface area contributed by atoms with Gasteiger partial charge in [0.05, 0.1) is 31.5 Å². The Morgan fingerprint density at radius 2 is 1.75 bits per heavy atom. The Kier molecular flexibility index (Phi) is 5.54. The highest BCUT2D eigenvalue weighted by atomic mass is 16.5. The van der Waals surface area contributed by atoms with Crippen molar-refractivity contribution < 1.29 is 19.1 Å². The summed E-state index contributed by atoms with van der Waals surface area (Å²) in [4.78, 5) is 25.1. The van der Waals surface area contributed by atoms with E-state index in [1.54, 1.807) is 32.2 Å². The number of rotatable bonds is 5. The van der Waals surface area contributed by atoms with Crippen molar-refractivity contribution in [2.24, 2.45) is 0 Å². The fourth-order valence-electron chi connectivity index (χ4n) is 3.10. The zero-order valence-electron chi connectivity index (χ0n) is 16.3. The van der Waals surface area contributed by atoms with Gasteiger partial charge in [0.25, 0.3) is 5.91 Å². The van der Waals surface area contributed by atoms with Crippen LogP contribution in [0.1, 0.15) is 24.1 Å². The Bertz CT molecular complexity index is 935. The summed E-state index contributed by atoms with van der Waals surface area (Å²) in [5.41, 5.74) is 3.36. The largest absolute Gasteiger partial charge is 0.497 e. The molecule has 0 spiro atoms. The first-order valence-electron chi connectivity index (χ1n) is 8.81. The molecule has 1 aliphatic rings. The van der Waals surface area contributed by atoms with Gasteiger partial charge in [-0.2, -0.15) is 0 Å². The quantitative estimate of drug-likeness (QED) is 0.742. The van der Waals surface area contributed by atoms with Crippen LogP contribution < -0.4 is 25.4 Å². The third-order valence-corrected chi connectivity index (χ3v) is 4.58. The van der Waals surface area contributed by atoms with Crippen molar-refractivity contribution in [2.75, 3.05) is 19.5 Å². The van der Waals surface area contributed by atoms with Crippen molar-refractivity contribution in [1.29, 1.82) is 0 Å². The molecule has 2 aromatic carbocycles. The van der Waals surface area contributed by atoms with Crippen molar-refractivity contribution in [3.8, 4) is 11.5 Å². The summed E-state index contributed by atoms with van der Waals surface area (Å²) in [6, 6.07) is 11.9. The lowest BCUT2D eigenvalue weighted by molar-refractivity contribution is -0.113. The second kappa shape index (κ2) is 8.04. The standard InChI is InChI=1S/C21H23N3O4/c1-12-5-7-14(8-6-12)19-18(13(2)22-21(26)24-19)20(25)23-16-10-9-15(27-3)11-17(16)28-4/h5-11,19H,1-4H3,(H,23,25)(H2,22,24,26). The van der Waals surface area contributed by atoms with Crippen molar-refractivity contribution in [3.63, 3.8) is 0 Å². The Labute approximate surface area is 163 Å². The normalized spacial score (nSPS) is 16.1. The molecule has 28 heavy (non-hydrogen) atoms. The smallest absolute Gasteiger partial charge is 0.319 e. The average Bonchev–Trinajstić information content (AvgIpc) is 2.68. The number of hydrogen-bond donors (Lipinski definition) is 3. The number of hydrogen-bond acceptors (Lipinski definition) is 4. The van der Waals surface area contributed by atoms with Gasteiger partial charge in [-0.05, 0) is 31.5 Å². The number of amides is 3. The Balaban J connectivity index is 1.94. The number of methoxy groups -OCH3 is 2. The topological polar surface area (TPSA) is 88.7 Å². The molecule has 0 saturated carbocycles. The molecule has 146 valence electrons. The molecule has 1 unspecified atom stereocenters. The van der Waals surface area contributed by atoms with Gasteiger partial charge in [0.1, 0.15) is 11.5 Å². The molecular weight excluding hydrogens is 358 g/mol. The van der Waals surface area contributed by atoms with Crippen LogP contribution in [-0.4, -0.2) is 26.2 Å². The summed E-state index contributed by atoms with van der Waals surface area (Å²) < 4.78 is 10.5. The molecule has 1 atom stereocenters. The number of anilines is 1. The molecule has 7 heteroatoms. The SMILES string of the molecule is COc1ccc(NC(=O)C2=C(C)NC(=O)NC2c2ccc(C)cc2)c(OC)c1. The zero-order chi connectivity index (χ0) is 20.3. The van der Waals surface area contributed by atoms with E-state index >= 15 is 0 Å². The highest BCUT2D eigenvalue weighted by Gasteiger charge is 2.31. The van der Waals surface area contributed by atoms with Crippen LogP contribution in [-0.2, 0) is 4.79 Å². The molecule has 0 radical (unpaired) electrons. The van der Waals surface area contributed by atoms with Crippen LogP contribution in [0.2, 0.25) is 0 Å². The first-order chi connectivity index (χ1) is 13.4. The molecule has 0 aliphatic carbocycles. The van der Waals surface area contributed by atoms with E-state index in [1.807, 2.05) is 31.2 Å². The van der Waals surface area contributed by atoms with Crippen LogP contribution in [0.15, 0.2) is 53.7 Å². The predicted octanol–water partition coefficient (Wildman–Crippen LogP) is 3.28. The van der Waals surface area contributed by atoms with E-state index in [9.17, 15) is 9.59 Å². The highest BCUT2D eigenvalue weighted by Crippen LogP contribution is 2.32. The maximum absolute atomic E-state index is 13.1. The Morgan fingerprint density at radius 1 is 1.04 bits per heavy atom. The van der Waals surface area contributed by atoms with Gasteiger partial charge in [-0.1, -0.05) is 29.8 Å². The van der Waals surface area contributed by atoms with Crippen molar-refractivity contribution >= 4 is 17.6 Å². The van der Waals surface area contributed by atoms with Crippen molar-refractivity contribution in [1.82, 2.24) is 10.6 Å². The van der Waals surface area contributed by atoms with E-state index in [0.29, 0.717) is 28.5 Å². The fourth-order valence-corrected chi connectivity index (χ4v) is 3.10. The molecule has 2 aromatic rings. The number of nitrogens with one attached hydrogen (secondary N) is 3. The van der Waals surface area contributed by atoms with Crippen molar-refractivity contribution in [2.45, 2.75) is 19.9 Å². The number of carbonyl (C=O) groups is 2. The van der Waals surface area contributed by atoms with Crippen LogP contribution in [0.3, 0.4) is 0 Å². The van der Waals surface area contributed by atoms with Gasteiger partial charge in [0.15, 0.2) is 0 Å².